The molecule has 26 heavy (non-hydrogen) atoms. The van der Waals surface area contributed by atoms with Gasteiger partial charge in [0.1, 0.15) is 5.75 Å². The topological polar surface area (TPSA) is 58.6 Å². The highest BCUT2D eigenvalue weighted by Crippen LogP contribution is 2.42. The van der Waals surface area contributed by atoms with Crippen LogP contribution in [0.4, 0.5) is 5.69 Å². The number of phenolic OH excluding ortho intramolecular Hbond substituents is 1. The number of aryl methyl sites for hydroxylation is 1. The van der Waals surface area contributed by atoms with Gasteiger partial charge >= 0.3 is 0 Å². The van der Waals surface area contributed by atoms with Crippen molar-refractivity contribution in [3.63, 3.8) is 0 Å². The Balaban J connectivity index is 1.62. The van der Waals surface area contributed by atoms with Crippen molar-refractivity contribution in [2.75, 3.05) is 18.5 Å². The molecule has 0 atom stereocenters. The largest absolute Gasteiger partial charge is 0.507 e. The van der Waals surface area contributed by atoms with Crippen molar-refractivity contribution in [3.8, 4) is 5.75 Å². The summed E-state index contributed by atoms with van der Waals surface area (Å²) in [5.41, 5.74) is 4.54. The number of carbonyl (C=O) groups is 1. The molecule has 2 aliphatic heterocycles. The van der Waals surface area contributed by atoms with E-state index in [1.807, 2.05) is 18.2 Å². The number of rotatable bonds is 3. The fraction of sp³-hybridized carbons (Fsp3) is 0.381. The minimum absolute atomic E-state index is 0.0792. The molecule has 2 aromatic carbocycles. The number of amides is 1. The van der Waals surface area contributed by atoms with Gasteiger partial charge in [-0.05, 0) is 73.1 Å². The summed E-state index contributed by atoms with van der Waals surface area (Å²) in [6.45, 7) is 3.72. The van der Waals surface area contributed by atoms with Crippen molar-refractivity contribution in [1.82, 2.24) is 0 Å². The summed E-state index contributed by atoms with van der Waals surface area (Å²) in [7, 11) is 0. The quantitative estimate of drug-likeness (QED) is 0.828. The molecule has 0 radical (unpaired) electrons. The van der Waals surface area contributed by atoms with Crippen LogP contribution in [-0.2, 0) is 16.0 Å². The highest BCUT2D eigenvalue weighted by Gasteiger charge is 2.21. The summed E-state index contributed by atoms with van der Waals surface area (Å²) >= 11 is 1.60. The number of phenols is 1. The maximum Gasteiger partial charge on any atom is 0.224 e. The molecule has 2 aliphatic rings. The Morgan fingerprint density at radius 1 is 1.15 bits per heavy atom. The predicted molar refractivity (Wildman–Crippen MR) is 103 cm³/mol. The second-order valence-electron chi connectivity index (χ2n) is 6.98. The van der Waals surface area contributed by atoms with Crippen LogP contribution < -0.4 is 5.32 Å². The molecule has 5 heteroatoms. The first-order valence-electron chi connectivity index (χ1n) is 9.12. The Hall–Kier alpha value is -1.98. The standard InChI is InChI=1S/C21H23NO3S/c1-13-17(14-8-10-25-11-9-14)4-6-19(23)21(13)26-16-3-5-18-15(12-16)2-7-20(24)22-18/h3-6,12,14,23H,2,7-11H2,1H3,(H,22,24). The fourth-order valence-electron chi connectivity index (χ4n) is 3.81. The fourth-order valence-corrected chi connectivity index (χ4v) is 4.83. The first kappa shape index (κ1) is 17.4. The summed E-state index contributed by atoms with van der Waals surface area (Å²) in [6, 6.07) is 9.98. The van der Waals surface area contributed by atoms with Gasteiger partial charge < -0.3 is 15.2 Å². The van der Waals surface area contributed by atoms with Gasteiger partial charge in [-0.25, -0.2) is 0 Å². The van der Waals surface area contributed by atoms with Crippen molar-refractivity contribution < 1.29 is 14.6 Å². The third-order valence-corrected chi connectivity index (χ3v) is 6.49. The molecule has 2 heterocycles. The van der Waals surface area contributed by atoms with Crippen LogP contribution in [0.15, 0.2) is 40.1 Å². The van der Waals surface area contributed by atoms with Gasteiger partial charge in [-0.1, -0.05) is 17.8 Å². The smallest absolute Gasteiger partial charge is 0.224 e. The Morgan fingerprint density at radius 2 is 1.96 bits per heavy atom. The summed E-state index contributed by atoms with van der Waals surface area (Å²) in [4.78, 5) is 13.5. The SMILES string of the molecule is Cc1c(C2CCOCC2)ccc(O)c1Sc1ccc2c(c1)CCC(=O)N2. The zero-order valence-electron chi connectivity index (χ0n) is 14.9. The van der Waals surface area contributed by atoms with Crippen LogP contribution >= 0.6 is 11.8 Å². The molecule has 0 spiro atoms. The van der Waals surface area contributed by atoms with Crippen molar-refractivity contribution in [3.05, 3.63) is 47.0 Å². The highest BCUT2D eigenvalue weighted by atomic mass is 32.2. The molecule has 4 rings (SSSR count). The van der Waals surface area contributed by atoms with Crippen LogP contribution in [0, 0.1) is 6.92 Å². The van der Waals surface area contributed by atoms with E-state index in [9.17, 15) is 9.90 Å². The lowest BCUT2D eigenvalue weighted by atomic mass is 9.88. The minimum atomic E-state index is 0.0792. The number of hydrogen-bond acceptors (Lipinski definition) is 4. The van der Waals surface area contributed by atoms with Crippen molar-refractivity contribution in [2.45, 2.75) is 48.3 Å². The van der Waals surface area contributed by atoms with E-state index in [0.717, 1.165) is 59.1 Å². The normalized spacial score (nSPS) is 17.7. The molecule has 2 N–H and O–H groups in total. The van der Waals surface area contributed by atoms with Gasteiger partial charge in [0.25, 0.3) is 0 Å². The zero-order chi connectivity index (χ0) is 18.1. The second-order valence-corrected chi connectivity index (χ2v) is 8.07. The van der Waals surface area contributed by atoms with Gasteiger partial charge in [-0.15, -0.1) is 0 Å². The van der Waals surface area contributed by atoms with Gasteiger partial charge in [0, 0.05) is 30.2 Å². The summed E-state index contributed by atoms with van der Waals surface area (Å²) in [5, 5.41) is 13.4. The van der Waals surface area contributed by atoms with Crippen LogP contribution in [0.25, 0.3) is 0 Å². The summed E-state index contributed by atoms with van der Waals surface area (Å²) in [5.74, 6) is 0.910. The number of hydrogen-bond donors (Lipinski definition) is 2. The van der Waals surface area contributed by atoms with Gasteiger partial charge in [-0.2, -0.15) is 0 Å². The number of carbonyl (C=O) groups excluding carboxylic acids is 1. The van der Waals surface area contributed by atoms with Crippen LogP contribution in [-0.4, -0.2) is 24.2 Å². The number of benzene rings is 2. The molecule has 0 aromatic heterocycles. The van der Waals surface area contributed by atoms with Crippen LogP contribution in [0.5, 0.6) is 5.75 Å². The number of fused-ring (bicyclic) bond motifs is 1. The van der Waals surface area contributed by atoms with E-state index in [4.69, 9.17) is 4.74 Å². The molecule has 4 nitrogen and oxygen atoms in total. The Kier molecular flexibility index (Phi) is 4.92. The molecule has 1 fully saturated rings. The van der Waals surface area contributed by atoms with E-state index in [1.54, 1.807) is 11.8 Å². The van der Waals surface area contributed by atoms with E-state index >= 15 is 0 Å². The molecular weight excluding hydrogens is 346 g/mol. The van der Waals surface area contributed by atoms with Crippen LogP contribution in [0.3, 0.4) is 0 Å². The highest BCUT2D eigenvalue weighted by molar-refractivity contribution is 7.99. The Morgan fingerprint density at radius 3 is 2.77 bits per heavy atom. The van der Waals surface area contributed by atoms with Crippen molar-refractivity contribution >= 4 is 23.4 Å². The number of aromatic hydroxyl groups is 1. The first-order valence-corrected chi connectivity index (χ1v) is 9.94. The molecule has 0 saturated carbocycles. The van der Waals surface area contributed by atoms with Crippen LogP contribution in [0.1, 0.15) is 41.9 Å². The van der Waals surface area contributed by atoms with Gasteiger partial charge in [-0.3, -0.25) is 4.79 Å². The van der Waals surface area contributed by atoms with Gasteiger partial charge in [0.15, 0.2) is 0 Å². The third kappa shape index (κ3) is 3.46. The maximum absolute atomic E-state index is 11.5. The van der Waals surface area contributed by atoms with Crippen molar-refractivity contribution in [2.24, 2.45) is 0 Å². The lowest BCUT2D eigenvalue weighted by Gasteiger charge is -2.25. The Bertz CT molecular complexity index is 843. The van der Waals surface area contributed by atoms with Crippen molar-refractivity contribution in [1.29, 1.82) is 0 Å². The van der Waals surface area contributed by atoms with E-state index in [-0.39, 0.29) is 5.91 Å². The first-order chi connectivity index (χ1) is 12.6. The average molecular weight is 369 g/mol. The molecule has 0 unspecified atom stereocenters. The average Bonchev–Trinajstić information content (AvgIpc) is 2.66. The van der Waals surface area contributed by atoms with Gasteiger partial charge in [0.05, 0.1) is 4.90 Å². The lowest BCUT2D eigenvalue weighted by molar-refractivity contribution is -0.116. The summed E-state index contributed by atoms with van der Waals surface area (Å²) < 4.78 is 5.49. The molecule has 2 aromatic rings. The minimum Gasteiger partial charge on any atom is -0.507 e. The van der Waals surface area contributed by atoms with E-state index in [1.165, 1.54) is 5.56 Å². The number of nitrogens with one attached hydrogen (secondary N) is 1. The zero-order valence-corrected chi connectivity index (χ0v) is 15.7. The molecule has 1 amide bonds. The van der Waals surface area contributed by atoms with E-state index < -0.39 is 0 Å². The van der Waals surface area contributed by atoms with Crippen LogP contribution in [0.2, 0.25) is 0 Å². The molecule has 0 bridgehead atoms. The monoisotopic (exact) mass is 369 g/mol. The molecule has 0 aliphatic carbocycles. The summed E-state index contributed by atoms with van der Waals surface area (Å²) in [6.07, 6.45) is 3.37. The van der Waals surface area contributed by atoms with Gasteiger partial charge in [0.2, 0.25) is 5.91 Å². The predicted octanol–water partition coefficient (Wildman–Crippen LogP) is 4.63. The Labute approximate surface area is 158 Å². The third-order valence-electron chi connectivity index (χ3n) is 5.28. The van der Waals surface area contributed by atoms with E-state index in [2.05, 4.69) is 24.4 Å². The number of ether oxygens (including phenoxy) is 1. The molecule has 136 valence electrons. The lowest BCUT2D eigenvalue weighted by Crippen LogP contribution is -2.18. The molecular formula is C21H23NO3S. The number of anilines is 1. The van der Waals surface area contributed by atoms with E-state index in [0.29, 0.717) is 18.1 Å². The maximum atomic E-state index is 11.5. The second kappa shape index (κ2) is 7.33. The molecule has 1 saturated heterocycles.